The summed E-state index contributed by atoms with van der Waals surface area (Å²) in [6.45, 7) is 2.88. The Morgan fingerprint density at radius 2 is 2.15 bits per heavy atom. The second-order valence-electron chi connectivity index (χ2n) is 5.11. The number of benzene rings is 1. The minimum Gasteiger partial charge on any atom is -0.439 e. The van der Waals surface area contributed by atoms with Gasteiger partial charge in [-0.1, -0.05) is 31.4 Å². The fourth-order valence-electron chi connectivity index (χ4n) is 2.52. The Balaban J connectivity index is 2.08. The average Bonchev–Trinajstić information content (AvgIpc) is 2.79. The van der Waals surface area contributed by atoms with Crippen molar-refractivity contribution in [1.82, 2.24) is 4.98 Å². The van der Waals surface area contributed by atoms with E-state index in [0.717, 1.165) is 32.1 Å². The zero-order chi connectivity index (χ0) is 14.5. The van der Waals surface area contributed by atoms with Crippen LogP contribution < -0.4 is 5.73 Å². The molecule has 5 heteroatoms. The summed E-state index contributed by atoms with van der Waals surface area (Å²) >= 11 is 5.95. The van der Waals surface area contributed by atoms with Crippen molar-refractivity contribution in [3.8, 4) is 0 Å². The van der Waals surface area contributed by atoms with Crippen LogP contribution >= 0.6 is 11.6 Å². The molecule has 1 unspecified atom stereocenters. The second kappa shape index (κ2) is 7.04. The lowest BCUT2D eigenvalue weighted by molar-refractivity contribution is 0.398. The topological polar surface area (TPSA) is 52.0 Å². The standard InChI is InChI=1S/C15H20ClFN2O/c1-2-3-10(6-7-18)4-5-14-19-13-9-11(17)8-12(16)15(13)20-14/h8-10H,2-7,18H2,1H3. The van der Waals surface area contributed by atoms with E-state index in [0.29, 0.717) is 29.5 Å². The molecule has 3 nitrogen and oxygen atoms in total. The van der Waals surface area contributed by atoms with Gasteiger partial charge < -0.3 is 10.2 Å². The van der Waals surface area contributed by atoms with Crippen LogP contribution in [0.2, 0.25) is 5.02 Å². The number of halogens is 2. The molecule has 0 saturated heterocycles. The number of rotatable bonds is 7. The van der Waals surface area contributed by atoms with Crippen molar-refractivity contribution in [2.24, 2.45) is 11.7 Å². The first-order chi connectivity index (χ1) is 9.63. The van der Waals surface area contributed by atoms with Crippen molar-refractivity contribution in [1.29, 1.82) is 0 Å². The summed E-state index contributed by atoms with van der Waals surface area (Å²) in [5, 5.41) is 0.269. The van der Waals surface area contributed by atoms with Gasteiger partial charge >= 0.3 is 0 Å². The van der Waals surface area contributed by atoms with E-state index < -0.39 is 5.82 Å². The van der Waals surface area contributed by atoms with Crippen molar-refractivity contribution in [3.05, 3.63) is 28.9 Å². The van der Waals surface area contributed by atoms with Gasteiger partial charge in [0.1, 0.15) is 11.3 Å². The average molecular weight is 299 g/mol. The zero-order valence-electron chi connectivity index (χ0n) is 11.7. The first-order valence-electron chi connectivity index (χ1n) is 7.08. The Labute approximate surface area is 123 Å². The van der Waals surface area contributed by atoms with Crippen LogP contribution in [0, 0.1) is 11.7 Å². The summed E-state index contributed by atoms with van der Waals surface area (Å²) in [5.74, 6) is 0.812. The number of oxazole rings is 1. The van der Waals surface area contributed by atoms with Gasteiger partial charge in [0.05, 0.1) is 5.02 Å². The maximum atomic E-state index is 13.2. The third kappa shape index (κ3) is 3.70. The smallest absolute Gasteiger partial charge is 0.195 e. The molecule has 1 atom stereocenters. The predicted molar refractivity (Wildman–Crippen MR) is 79.4 cm³/mol. The number of aromatic nitrogens is 1. The second-order valence-corrected chi connectivity index (χ2v) is 5.52. The van der Waals surface area contributed by atoms with Gasteiger partial charge in [0.2, 0.25) is 0 Å². The maximum Gasteiger partial charge on any atom is 0.195 e. The monoisotopic (exact) mass is 298 g/mol. The normalized spacial score (nSPS) is 13.0. The number of fused-ring (bicyclic) bond motifs is 1. The highest BCUT2D eigenvalue weighted by Gasteiger charge is 2.13. The van der Waals surface area contributed by atoms with Gasteiger partial charge in [-0.3, -0.25) is 0 Å². The zero-order valence-corrected chi connectivity index (χ0v) is 12.4. The lowest BCUT2D eigenvalue weighted by Gasteiger charge is -2.13. The molecule has 0 aliphatic heterocycles. The molecule has 0 radical (unpaired) electrons. The highest BCUT2D eigenvalue weighted by molar-refractivity contribution is 6.34. The molecule has 2 aromatic rings. The van der Waals surface area contributed by atoms with E-state index in [-0.39, 0.29) is 5.02 Å². The lowest BCUT2D eigenvalue weighted by Crippen LogP contribution is -2.09. The van der Waals surface area contributed by atoms with E-state index >= 15 is 0 Å². The summed E-state index contributed by atoms with van der Waals surface area (Å²) in [4.78, 5) is 4.30. The van der Waals surface area contributed by atoms with E-state index in [1.807, 2.05) is 0 Å². The summed E-state index contributed by atoms with van der Waals surface area (Å²) in [7, 11) is 0. The fraction of sp³-hybridized carbons (Fsp3) is 0.533. The quantitative estimate of drug-likeness (QED) is 0.828. The molecule has 2 rings (SSSR count). The third-order valence-electron chi connectivity index (χ3n) is 3.49. The van der Waals surface area contributed by atoms with Crippen LogP contribution in [0.25, 0.3) is 11.1 Å². The van der Waals surface area contributed by atoms with Gasteiger partial charge in [-0.15, -0.1) is 0 Å². The molecule has 20 heavy (non-hydrogen) atoms. The van der Waals surface area contributed by atoms with Crippen molar-refractivity contribution in [2.75, 3.05) is 6.54 Å². The number of nitrogens with two attached hydrogens (primary N) is 1. The van der Waals surface area contributed by atoms with Crippen LogP contribution in [0.4, 0.5) is 4.39 Å². The SMILES string of the molecule is CCCC(CCN)CCc1nc2cc(F)cc(Cl)c2o1. The molecule has 0 saturated carbocycles. The van der Waals surface area contributed by atoms with Crippen LogP contribution in [-0.2, 0) is 6.42 Å². The fourth-order valence-corrected chi connectivity index (χ4v) is 2.76. The molecule has 0 aliphatic rings. The molecule has 0 aliphatic carbocycles. The molecule has 0 fully saturated rings. The Morgan fingerprint density at radius 1 is 1.35 bits per heavy atom. The maximum absolute atomic E-state index is 13.2. The first kappa shape index (κ1) is 15.3. The lowest BCUT2D eigenvalue weighted by atomic mass is 9.94. The van der Waals surface area contributed by atoms with E-state index in [1.54, 1.807) is 0 Å². The first-order valence-corrected chi connectivity index (χ1v) is 7.46. The largest absolute Gasteiger partial charge is 0.439 e. The molecular weight excluding hydrogens is 279 g/mol. The van der Waals surface area contributed by atoms with Gasteiger partial charge in [0.25, 0.3) is 0 Å². The third-order valence-corrected chi connectivity index (χ3v) is 3.77. The minimum atomic E-state index is -0.394. The van der Waals surface area contributed by atoms with Gasteiger partial charge in [0.15, 0.2) is 11.5 Å². The highest BCUT2D eigenvalue weighted by Crippen LogP contribution is 2.27. The molecule has 0 amide bonds. The van der Waals surface area contributed by atoms with Gasteiger partial charge in [-0.2, -0.15) is 0 Å². The molecule has 1 aromatic carbocycles. The molecular formula is C15H20ClFN2O. The molecule has 0 bridgehead atoms. The van der Waals surface area contributed by atoms with Gasteiger partial charge in [-0.25, -0.2) is 9.37 Å². The number of aryl methyl sites for hydroxylation is 1. The van der Waals surface area contributed by atoms with E-state index in [1.165, 1.54) is 12.1 Å². The van der Waals surface area contributed by atoms with Gasteiger partial charge in [-0.05, 0) is 31.4 Å². The van der Waals surface area contributed by atoms with Crippen LogP contribution in [0.15, 0.2) is 16.5 Å². The Morgan fingerprint density at radius 3 is 2.85 bits per heavy atom. The molecule has 1 aromatic heterocycles. The Hall–Kier alpha value is -1.13. The molecule has 1 heterocycles. The number of hydrogen-bond donors (Lipinski definition) is 1. The summed E-state index contributed by atoms with van der Waals surface area (Å²) in [5.41, 5.74) is 6.58. The van der Waals surface area contributed by atoms with E-state index in [9.17, 15) is 4.39 Å². The molecule has 2 N–H and O–H groups in total. The Bertz CT molecular complexity index is 564. The minimum absolute atomic E-state index is 0.269. The van der Waals surface area contributed by atoms with E-state index in [2.05, 4.69) is 11.9 Å². The Kier molecular flexibility index (Phi) is 5.38. The summed E-state index contributed by atoms with van der Waals surface area (Å²) in [6.07, 6.45) is 5.04. The van der Waals surface area contributed by atoms with Crippen molar-refractivity contribution < 1.29 is 8.81 Å². The van der Waals surface area contributed by atoms with Crippen molar-refractivity contribution in [3.63, 3.8) is 0 Å². The number of nitrogens with zero attached hydrogens (tertiary/aromatic N) is 1. The van der Waals surface area contributed by atoms with Crippen molar-refractivity contribution in [2.45, 2.75) is 39.0 Å². The molecule has 0 spiro atoms. The summed E-state index contributed by atoms with van der Waals surface area (Å²) in [6, 6.07) is 2.59. The predicted octanol–water partition coefficient (Wildman–Crippen LogP) is 4.32. The van der Waals surface area contributed by atoms with Crippen LogP contribution in [0.5, 0.6) is 0 Å². The number of hydrogen-bond acceptors (Lipinski definition) is 3. The van der Waals surface area contributed by atoms with E-state index in [4.69, 9.17) is 21.8 Å². The molecule has 110 valence electrons. The van der Waals surface area contributed by atoms with Crippen molar-refractivity contribution >= 4 is 22.7 Å². The summed E-state index contributed by atoms with van der Waals surface area (Å²) < 4.78 is 18.9. The van der Waals surface area contributed by atoms with Crippen LogP contribution in [0.1, 0.15) is 38.5 Å². The van der Waals surface area contributed by atoms with Crippen LogP contribution in [-0.4, -0.2) is 11.5 Å². The van der Waals surface area contributed by atoms with Crippen LogP contribution in [0.3, 0.4) is 0 Å². The van der Waals surface area contributed by atoms with Gasteiger partial charge in [0, 0.05) is 12.5 Å². The highest BCUT2D eigenvalue weighted by atomic mass is 35.5.